The number of H-pyrrole nitrogens is 1. The van der Waals surface area contributed by atoms with Gasteiger partial charge in [-0.05, 0) is 56.3 Å². The van der Waals surface area contributed by atoms with Crippen LogP contribution in [-0.4, -0.2) is 54.1 Å². The van der Waals surface area contributed by atoms with E-state index < -0.39 is 17.7 Å². The average Bonchev–Trinajstić information content (AvgIpc) is 3.52. The van der Waals surface area contributed by atoms with Crippen molar-refractivity contribution in [3.05, 3.63) is 72.2 Å². The van der Waals surface area contributed by atoms with Gasteiger partial charge in [0.25, 0.3) is 5.91 Å². The van der Waals surface area contributed by atoms with Crippen LogP contribution in [0.2, 0.25) is 0 Å². The number of aliphatic hydroxyl groups is 1. The molecule has 5 rings (SSSR count). The number of halogens is 1. The summed E-state index contributed by atoms with van der Waals surface area (Å²) in [7, 11) is 0. The number of fused-ring (bicyclic) bond motifs is 2. The Kier molecular flexibility index (Phi) is 6.02. The molecule has 11 heteroatoms. The first-order valence-electron chi connectivity index (χ1n) is 11.5. The minimum absolute atomic E-state index is 0.194. The molecule has 1 aromatic carbocycles. The third-order valence-corrected chi connectivity index (χ3v) is 5.97. The normalized spacial score (nSPS) is 12.4. The number of hydrogen-bond acceptors (Lipinski definition) is 7. The topological polar surface area (TPSA) is 144 Å². The van der Waals surface area contributed by atoms with Crippen molar-refractivity contribution in [3.8, 4) is 17.5 Å². The van der Waals surface area contributed by atoms with Crippen LogP contribution in [-0.2, 0) is 0 Å². The highest BCUT2D eigenvalue weighted by Crippen LogP contribution is 2.29. The molecule has 4 heterocycles. The molecular formula is C26H23FN8O2. The maximum Gasteiger partial charge on any atom is 0.255 e. The highest BCUT2D eigenvalue weighted by molar-refractivity contribution is 6.01. The van der Waals surface area contributed by atoms with E-state index in [-0.39, 0.29) is 12.1 Å². The molecule has 4 aromatic heterocycles. The van der Waals surface area contributed by atoms with Crippen molar-refractivity contribution >= 4 is 33.7 Å². The monoisotopic (exact) mass is 498 g/mol. The second-order valence-corrected chi connectivity index (χ2v) is 9.15. The number of carbonyl (C=O) groups is 1. The van der Waals surface area contributed by atoms with E-state index in [2.05, 4.69) is 37.0 Å². The third kappa shape index (κ3) is 4.82. The number of aromatic amines is 1. The Bertz CT molecular complexity index is 1660. The maximum absolute atomic E-state index is 14.3. The predicted molar refractivity (Wildman–Crippen MR) is 136 cm³/mol. The molecule has 5 aromatic rings. The number of aromatic nitrogens is 5. The van der Waals surface area contributed by atoms with Gasteiger partial charge < -0.3 is 15.7 Å². The summed E-state index contributed by atoms with van der Waals surface area (Å²) in [5.74, 6) is -0.547. The molecule has 0 radical (unpaired) electrons. The number of nitrogens with one attached hydrogen (secondary N) is 3. The van der Waals surface area contributed by atoms with Crippen molar-refractivity contribution in [2.75, 3.05) is 11.9 Å². The molecule has 1 atom stereocenters. The van der Waals surface area contributed by atoms with Gasteiger partial charge in [-0.2, -0.15) is 15.5 Å². The van der Waals surface area contributed by atoms with Crippen LogP contribution in [0.5, 0.6) is 0 Å². The van der Waals surface area contributed by atoms with Gasteiger partial charge in [0, 0.05) is 17.3 Å². The standard InChI is InChI=1S/C26H23FN8O2/c1-26(2,37)24(27)14-30-25(36)19-13-29-22(23-6-4-18-7-15(10-28)11-32-35(18)23)9-21(19)33-17-3-5-20-16(8-17)12-31-34-20/h3-9,11-13,24,37H,14H2,1-2H3,(H,29,33)(H,30,36)(H,31,34). The number of benzene rings is 1. The minimum Gasteiger partial charge on any atom is -0.387 e. The van der Waals surface area contributed by atoms with Crippen LogP contribution in [0.25, 0.3) is 27.8 Å². The van der Waals surface area contributed by atoms with Gasteiger partial charge in [-0.3, -0.25) is 14.9 Å². The lowest BCUT2D eigenvalue weighted by atomic mass is 10.0. The molecule has 4 N–H and O–H groups in total. The molecule has 0 saturated heterocycles. The zero-order valence-electron chi connectivity index (χ0n) is 20.0. The van der Waals surface area contributed by atoms with Crippen molar-refractivity contribution in [3.63, 3.8) is 0 Å². The number of carbonyl (C=O) groups excluding carboxylic acids is 1. The fourth-order valence-corrected chi connectivity index (χ4v) is 3.84. The fraction of sp³-hybridized carbons (Fsp3) is 0.192. The third-order valence-electron chi connectivity index (χ3n) is 5.97. The SMILES string of the molecule is CC(C)(O)C(F)CNC(=O)c1cnc(-c2ccc3cc(C#N)cnn23)cc1Nc1ccc2[nH]ncc2c1. The highest BCUT2D eigenvalue weighted by atomic mass is 19.1. The summed E-state index contributed by atoms with van der Waals surface area (Å²) in [4.78, 5) is 17.5. The van der Waals surface area contributed by atoms with Crippen LogP contribution in [0.1, 0.15) is 29.8 Å². The number of pyridine rings is 1. The first-order chi connectivity index (χ1) is 17.7. The van der Waals surface area contributed by atoms with Crippen LogP contribution >= 0.6 is 0 Å². The molecule has 0 fully saturated rings. The largest absolute Gasteiger partial charge is 0.387 e. The summed E-state index contributed by atoms with van der Waals surface area (Å²) in [5, 5.41) is 37.0. The molecular weight excluding hydrogens is 475 g/mol. The molecule has 0 aliphatic rings. The highest BCUT2D eigenvalue weighted by Gasteiger charge is 2.27. The van der Waals surface area contributed by atoms with Gasteiger partial charge in [0.05, 0.1) is 63.8 Å². The van der Waals surface area contributed by atoms with E-state index in [4.69, 9.17) is 5.26 Å². The van der Waals surface area contributed by atoms with Gasteiger partial charge >= 0.3 is 0 Å². The Morgan fingerprint density at radius 2 is 2.05 bits per heavy atom. The molecule has 37 heavy (non-hydrogen) atoms. The number of rotatable bonds is 7. The zero-order valence-corrected chi connectivity index (χ0v) is 20.0. The molecule has 186 valence electrons. The molecule has 10 nitrogen and oxygen atoms in total. The zero-order chi connectivity index (χ0) is 26.2. The molecule has 0 saturated carbocycles. The molecule has 1 amide bonds. The fourth-order valence-electron chi connectivity index (χ4n) is 3.84. The number of hydrogen-bond donors (Lipinski definition) is 4. The summed E-state index contributed by atoms with van der Waals surface area (Å²) in [6, 6.07) is 14.7. The summed E-state index contributed by atoms with van der Waals surface area (Å²) in [6.07, 6.45) is 2.91. The molecule has 0 aliphatic heterocycles. The molecule has 0 bridgehead atoms. The van der Waals surface area contributed by atoms with E-state index in [1.54, 1.807) is 22.8 Å². The van der Waals surface area contributed by atoms with Gasteiger partial charge in [-0.25, -0.2) is 8.91 Å². The van der Waals surface area contributed by atoms with Crippen molar-refractivity contribution in [1.82, 2.24) is 30.1 Å². The quantitative estimate of drug-likeness (QED) is 0.268. The van der Waals surface area contributed by atoms with Crippen LogP contribution in [0.4, 0.5) is 15.8 Å². The molecule has 0 spiro atoms. The van der Waals surface area contributed by atoms with Crippen LogP contribution in [0, 0.1) is 11.3 Å². The van der Waals surface area contributed by atoms with Crippen molar-refractivity contribution in [1.29, 1.82) is 5.26 Å². The van der Waals surface area contributed by atoms with E-state index in [1.165, 1.54) is 26.2 Å². The number of amides is 1. The Morgan fingerprint density at radius 1 is 1.22 bits per heavy atom. The van der Waals surface area contributed by atoms with Crippen LogP contribution in [0.3, 0.4) is 0 Å². The lowest BCUT2D eigenvalue weighted by molar-refractivity contribution is -0.00177. The van der Waals surface area contributed by atoms with Gasteiger partial charge in [0.2, 0.25) is 0 Å². The van der Waals surface area contributed by atoms with Gasteiger partial charge in [0.15, 0.2) is 0 Å². The Labute approximate surface area is 210 Å². The first kappa shape index (κ1) is 23.9. The second kappa shape index (κ2) is 9.33. The summed E-state index contributed by atoms with van der Waals surface area (Å²) >= 11 is 0. The van der Waals surface area contributed by atoms with Crippen molar-refractivity contribution in [2.45, 2.75) is 25.6 Å². The number of nitrogens with zero attached hydrogens (tertiary/aromatic N) is 5. The van der Waals surface area contributed by atoms with Crippen molar-refractivity contribution in [2.24, 2.45) is 0 Å². The van der Waals surface area contributed by atoms with E-state index in [1.807, 2.05) is 30.3 Å². The number of alkyl halides is 1. The average molecular weight is 499 g/mol. The van der Waals surface area contributed by atoms with Crippen LogP contribution in [0.15, 0.2) is 61.1 Å². The Balaban J connectivity index is 1.52. The first-order valence-corrected chi connectivity index (χ1v) is 11.5. The molecule has 1 unspecified atom stereocenters. The van der Waals surface area contributed by atoms with Gasteiger partial charge in [0.1, 0.15) is 12.2 Å². The smallest absolute Gasteiger partial charge is 0.255 e. The van der Waals surface area contributed by atoms with Gasteiger partial charge in [-0.15, -0.1) is 0 Å². The van der Waals surface area contributed by atoms with Crippen LogP contribution < -0.4 is 10.6 Å². The second-order valence-electron chi connectivity index (χ2n) is 9.15. The van der Waals surface area contributed by atoms with Crippen molar-refractivity contribution < 1.29 is 14.3 Å². The van der Waals surface area contributed by atoms with Gasteiger partial charge in [-0.1, -0.05) is 0 Å². The lowest BCUT2D eigenvalue weighted by Gasteiger charge is -2.22. The maximum atomic E-state index is 14.3. The number of nitriles is 1. The summed E-state index contributed by atoms with van der Waals surface area (Å²) < 4.78 is 15.9. The van der Waals surface area contributed by atoms with E-state index in [0.29, 0.717) is 28.3 Å². The lowest BCUT2D eigenvalue weighted by Crippen LogP contribution is -2.42. The number of anilines is 2. The van der Waals surface area contributed by atoms with E-state index >= 15 is 0 Å². The predicted octanol–water partition coefficient (Wildman–Crippen LogP) is 3.73. The Morgan fingerprint density at radius 3 is 2.84 bits per heavy atom. The van der Waals surface area contributed by atoms with E-state index in [0.717, 1.165) is 16.4 Å². The Hall–Kier alpha value is -4.82. The summed E-state index contributed by atoms with van der Waals surface area (Å²) in [5.41, 5.74) is 2.95. The minimum atomic E-state index is -1.65. The molecule has 0 aliphatic carbocycles. The summed E-state index contributed by atoms with van der Waals surface area (Å²) in [6.45, 7) is 2.32. The van der Waals surface area contributed by atoms with E-state index in [9.17, 15) is 14.3 Å².